The van der Waals surface area contributed by atoms with Crippen molar-refractivity contribution in [3.63, 3.8) is 0 Å². The minimum absolute atomic E-state index is 0.752. The van der Waals surface area contributed by atoms with Crippen LogP contribution >= 0.6 is 0 Å². The third kappa shape index (κ3) is 2.18. The van der Waals surface area contributed by atoms with Crippen LogP contribution in [0.4, 0.5) is 0 Å². The van der Waals surface area contributed by atoms with Gasteiger partial charge in [0.2, 0.25) is 0 Å². The number of aromatic amines is 1. The van der Waals surface area contributed by atoms with Gasteiger partial charge in [-0.25, -0.2) is 4.98 Å². The molecule has 1 N–H and O–H groups in total. The molecule has 0 saturated heterocycles. The van der Waals surface area contributed by atoms with Crippen LogP contribution in [0.25, 0.3) is 0 Å². The van der Waals surface area contributed by atoms with Crippen LogP contribution in [0.5, 0.6) is 0 Å². The molecule has 54 valence electrons. The molecule has 0 aliphatic carbocycles. The van der Waals surface area contributed by atoms with Crippen molar-refractivity contribution in [2.24, 2.45) is 5.92 Å². The zero-order valence-electron chi connectivity index (χ0n) is 6.59. The molecule has 0 saturated carbocycles. The summed E-state index contributed by atoms with van der Waals surface area (Å²) in [4.78, 5) is 3.01. The van der Waals surface area contributed by atoms with Gasteiger partial charge in [0.25, 0.3) is 0 Å². The van der Waals surface area contributed by atoms with Gasteiger partial charge in [-0.2, -0.15) is 0 Å². The van der Waals surface area contributed by atoms with Crippen LogP contribution < -0.4 is 4.98 Å². The van der Waals surface area contributed by atoms with Gasteiger partial charge in [0.05, 0.1) is 0 Å². The summed E-state index contributed by atoms with van der Waals surface area (Å²) in [6.45, 7) is 4.47. The maximum atomic E-state index is 3.01. The van der Waals surface area contributed by atoms with Crippen molar-refractivity contribution >= 4 is 0 Å². The van der Waals surface area contributed by atoms with Gasteiger partial charge < -0.3 is 0 Å². The fourth-order valence-electron chi connectivity index (χ4n) is 1.03. The lowest BCUT2D eigenvalue weighted by Gasteiger charge is -2.00. The number of hydrogen-bond donors (Lipinski definition) is 0. The van der Waals surface area contributed by atoms with E-state index in [2.05, 4.69) is 31.0 Å². The first kappa shape index (κ1) is 7.26. The molecule has 0 aliphatic rings. The van der Waals surface area contributed by atoms with Crippen LogP contribution in [0.2, 0.25) is 0 Å². The van der Waals surface area contributed by atoms with Gasteiger partial charge in [-0.1, -0.05) is 13.8 Å². The Bertz CT molecular complexity index is 179. The Kier molecular flexibility index (Phi) is 2.43. The predicted octanol–water partition coefficient (Wildman–Crippen LogP) is 1.70. The zero-order chi connectivity index (χ0) is 7.40. The number of hydrogen-bond acceptors (Lipinski definition) is 0. The monoisotopic (exact) mass is 136 g/mol. The molecule has 0 spiro atoms. The van der Waals surface area contributed by atoms with E-state index in [4.69, 9.17) is 0 Å². The number of aromatic nitrogens is 1. The van der Waals surface area contributed by atoms with Crippen LogP contribution in [-0.2, 0) is 6.42 Å². The molecule has 10 heavy (non-hydrogen) atoms. The highest BCUT2D eigenvalue weighted by atomic mass is 14.6. The van der Waals surface area contributed by atoms with Gasteiger partial charge in [0.15, 0.2) is 12.4 Å². The van der Waals surface area contributed by atoms with Gasteiger partial charge in [0, 0.05) is 12.1 Å². The molecule has 1 nitrogen and oxygen atoms in total. The van der Waals surface area contributed by atoms with Gasteiger partial charge >= 0.3 is 0 Å². The number of H-pyrrole nitrogens is 1. The molecule has 1 aromatic rings. The molecule has 0 atom stereocenters. The average molecular weight is 136 g/mol. The van der Waals surface area contributed by atoms with Gasteiger partial charge in [-0.05, 0) is 17.9 Å². The van der Waals surface area contributed by atoms with E-state index in [-0.39, 0.29) is 0 Å². The third-order valence-electron chi connectivity index (χ3n) is 1.43. The molecule has 0 aromatic carbocycles. The molecule has 1 heterocycles. The van der Waals surface area contributed by atoms with E-state index in [1.165, 1.54) is 12.0 Å². The van der Waals surface area contributed by atoms with Crippen molar-refractivity contribution in [3.8, 4) is 0 Å². The van der Waals surface area contributed by atoms with Gasteiger partial charge in [-0.3, -0.25) is 0 Å². The average Bonchev–Trinajstić information content (AvgIpc) is 1.88. The summed E-state index contributed by atoms with van der Waals surface area (Å²) >= 11 is 0. The summed E-state index contributed by atoms with van der Waals surface area (Å²) in [5, 5.41) is 0. The molecule has 0 amide bonds. The van der Waals surface area contributed by atoms with E-state index < -0.39 is 0 Å². The molecule has 1 heteroatoms. The smallest absolute Gasteiger partial charge is 0.167 e. The van der Waals surface area contributed by atoms with E-state index in [0.717, 1.165) is 5.92 Å². The second kappa shape index (κ2) is 3.35. The predicted molar refractivity (Wildman–Crippen MR) is 41.5 cm³/mol. The Morgan fingerprint density at radius 1 is 1.30 bits per heavy atom. The molecule has 0 bridgehead atoms. The Balaban J connectivity index is 2.59. The quantitative estimate of drug-likeness (QED) is 0.587. The molecular formula is C9H14N+. The van der Waals surface area contributed by atoms with Crippen LogP contribution in [0, 0.1) is 5.92 Å². The standard InChI is InChI=1S/C9H13N/c1-8(2)7-9-3-5-10-6-4-9/h3-6,8H,7H2,1-2H3/p+1. The second-order valence-electron chi connectivity index (χ2n) is 3.01. The Morgan fingerprint density at radius 2 is 1.90 bits per heavy atom. The normalized spacial score (nSPS) is 10.3. The highest BCUT2D eigenvalue weighted by Gasteiger charge is 1.96. The maximum Gasteiger partial charge on any atom is 0.167 e. The summed E-state index contributed by atoms with van der Waals surface area (Å²) < 4.78 is 0. The molecular weight excluding hydrogens is 122 g/mol. The lowest BCUT2D eigenvalue weighted by molar-refractivity contribution is -0.378. The Hall–Kier alpha value is -0.850. The lowest BCUT2D eigenvalue weighted by Crippen LogP contribution is -2.00. The Morgan fingerprint density at radius 3 is 2.40 bits per heavy atom. The van der Waals surface area contributed by atoms with Crippen molar-refractivity contribution in [3.05, 3.63) is 30.1 Å². The first-order valence-electron chi connectivity index (χ1n) is 3.74. The van der Waals surface area contributed by atoms with Crippen molar-refractivity contribution < 1.29 is 4.98 Å². The molecule has 1 aromatic heterocycles. The summed E-state index contributed by atoms with van der Waals surface area (Å²) in [5.74, 6) is 0.752. The van der Waals surface area contributed by atoms with Gasteiger partial charge in [-0.15, -0.1) is 0 Å². The summed E-state index contributed by atoms with van der Waals surface area (Å²) in [5.41, 5.74) is 1.41. The topological polar surface area (TPSA) is 14.1 Å². The molecule has 0 aliphatic heterocycles. The Labute approximate surface area is 62.1 Å². The van der Waals surface area contributed by atoms with E-state index in [1.54, 1.807) is 0 Å². The van der Waals surface area contributed by atoms with Crippen molar-refractivity contribution in [2.75, 3.05) is 0 Å². The lowest BCUT2D eigenvalue weighted by atomic mass is 10.0. The van der Waals surface area contributed by atoms with Crippen LogP contribution in [0.3, 0.4) is 0 Å². The number of nitrogens with one attached hydrogen (secondary N) is 1. The van der Waals surface area contributed by atoms with Crippen LogP contribution in [0.1, 0.15) is 19.4 Å². The summed E-state index contributed by atoms with van der Waals surface area (Å²) in [6, 6.07) is 4.25. The first-order valence-corrected chi connectivity index (χ1v) is 3.74. The summed E-state index contributed by atoms with van der Waals surface area (Å²) in [7, 11) is 0. The van der Waals surface area contributed by atoms with E-state index >= 15 is 0 Å². The molecule has 0 unspecified atom stereocenters. The van der Waals surface area contributed by atoms with Crippen molar-refractivity contribution in [1.82, 2.24) is 0 Å². The number of pyridine rings is 1. The molecule has 1 rings (SSSR count). The van der Waals surface area contributed by atoms with E-state index in [9.17, 15) is 0 Å². The SMILES string of the molecule is CC(C)Cc1cc[nH+]cc1. The highest BCUT2D eigenvalue weighted by molar-refractivity contribution is 5.07. The number of rotatable bonds is 2. The van der Waals surface area contributed by atoms with Crippen LogP contribution in [0.15, 0.2) is 24.5 Å². The largest absolute Gasteiger partial charge is 0.218 e. The first-order chi connectivity index (χ1) is 4.79. The highest BCUT2D eigenvalue weighted by Crippen LogP contribution is 2.04. The molecule has 0 radical (unpaired) electrons. The minimum Gasteiger partial charge on any atom is -0.218 e. The second-order valence-corrected chi connectivity index (χ2v) is 3.01. The van der Waals surface area contributed by atoms with Crippen molar-refractivity contribution in [2.45, 2.75) is 20.3 Å². The fourth-order valence-corrected chi connectivity index (χ4v) is 1.03. The fraction of sp³-hybridized carbons (Fsp3) is 0.444. The van der Waals surface area contributed by atoms with E-state index in [1.807, 2.05) is 12.4 Å². The van der Waals surface area contributed by atoms with Gasteiger partial charge in [0.1, 0.15) is 0 Å². The third-order valence-corrected chi connectivity index (χ3v) is 1.43. The van der Waals surface area contributed by atoms with Crippen molar-refractivity contribution in [1.29, 1.82) is 0 Å². The zero-order valence-corrected chi connectivity index (χ0v) is 6.59. The minimum atomic E-state index is 0.752. The van der Waals surface area contributed by atoms with E-state index in [0.29, 0.717) is 0 Å². The maximum absolute atomic E-state index is 3.01. The molecule has 0 fully saturated rings. The summed E-state index contributed by atoms with van der Waals surface area (Å²) in [6.07, 6.45) is 5.12. The van der Waals surface area contributed by atoms with Crippen LogP contribution in [-0.4, -0.2) is 0 Å².